The van der Waals surface area contributed by atoms with Gasteiger partial charge in [-0.3, -0.25) is 0 Å². The second-order valence-corrected chi connectivity index (χ2v) is 9.78. The predicted molar refractivity (Wildman–Crippen MR) is 58.4 cm³/mol. The molecule has 0 saturated carbocycles. The van der Waals surface area contributed by atoms with Crippen molar-refractivity contribution in [1.82, 2.24) is 0 Å². The van der Waals surface area contributed by atoms with Gasteiger partial charge in [0.15, 0.2) is 9.04 Å². The van der Waals surface area contributed by atoms with E-state index in [1.165, 1.54) is 0 Å². The molecule has 0 aliphatic heterocycles. The van der Waals surface area contributed by atoms with Crippen LogP contribution < -0.4 is 0 Å². The maximum absolute atomic E-state index is 11.2. The Morgan fingerprint density at radius 1 is 1.38 bits per heavy atom. The zero-order chi connectivity index (χ0) is 10.6. The molecular weight excluding hydrogens is 200 g/mol. The Morgan fingerprint density at radius 2 is 1.85 bits per heavy atom. The number of hydrogen-bond acceptors (Lipinski definition) is 3. The molecule has 0 aliphatic carbocycles. The summed E-state index contributed by atoms with van der Waals surface area (Å²) in [6.45, 7) is 13.0. The van der Waals surface area contributed by atoms with E-state index in [9.17, 15) is 4.79 Å². The Morgan fingerprint density at radius 3 is 2.15 bits per heavy atom. The summed E-state index contributed by atoms with van der Waals surface area (Å²) in [5.74, 6) is -0.341. The Hall–Kier alpha value is -0.396. The zero-order valence-corrected chi connectivity index (χ0v) is 11.2. The van der Waals surface area contributed by atoms with Crippen molar-refractivity contribution < 1.29 is 13.3 Å². The standard InChI is InChI=1S/C8H18O3Si2/c1-7(2)8(9)10-13(5,6)11-12(3)4/h12H,1H2,2-6H3. The first-order valence-electron chi connectivity index (χ1n) is 4.31. The Balaban J connectivity index is 4.16. The topological polar surface area (TPSA) is 35.5 Å². The lowest BCUT2D eigenvalue weighted by atomic mass is 10.4. The van der Waals surface area contributed by atoms with E-state index >= 15 is 0 Å². The number of carbonyl (C=O) groups excluding carboxylic acids is 1. The monoisotopic (exact) mass is 218 g/mol. The molecule has 0 amide bonds. The summed E-state index contributed by atoms with van der Waals surface area (Å²) in [6, 6.07) is 0. The van der Waals surface area contributed by atoms with Crippen molar-refractivity contribution >= 4 is 23.6 Å². The quantitative estimate of drug-likeness (QED) is 0.533. The molecule has 5 heteroatoms. The first kappa shape index (κ1) is 12.6. The second kappa shape index (κ2) is 4.73. The summed E-state index contributed by atoms with van der Waals surface area (Å²) in [4.78, 5) is 11.2. The smallest absolute Gasteiger partial charge is 0.385 e. The molecule has 0 radical (unpaired) electrons. The van der Waals surface area contributed by atoms with Crippen molar-refractivity contribution in [2.75, 3.05) is 0 Å². The summed E-state index contributed by atoms with van der Waals surface area (Å²) in [7, 11) is -3.37. The fraction of sp³-hybridized carbons (Fsp3) is 0.625. The molecular formula is C8H18O3Si2. The van der Waals surface area contributed by atoms with E-state index in [2.05, 4.69) is 19.7 Å². The van der Waals surface area contributed by atoms with Crippen molar-refractivity contribution in [3.8, 4) is 0 Å². The SMILES string of the molecule is C=C(C)C(=O)O[Si](C)(C)O[SiH](C)C. The average Bonchev–Trinajstić information content (AvgIpc) is 1.81. The highest BCUT2D eigenvalue weighted by atomic mass is 28.4. The molecule has 0 heterocycles. The van der Waals surface area contributed by atoms with Crippen LogP contribution in [0.15, 0.2) is 12.2 Å². The van der Waals surface area contributed by atoms with E-state index in [0.29, 0.717) is 5.57 Å². The molecule has 0 saturated heterocycles. The van der Waals surface area contributed by atoms with Crippen molar-refractivity contribution in [3.63, 3.8) is 0 Å². The molecule has 0 spiro atoms. The number of hydrogen-bond donors (Lipinski definition) is 0. The lowest BCUT2D eigenvalue weighted by molar-refractivity contribution is -0.131. The lowest BCUT2D eigenvalue weighted by Crippen LogP contribution is -2.41. The van der Waals surface area contributed by atoms with Gasteiger partial charge in [-0.15, -0.1) is 0 Å². The molecule has 13 heavy (non-hydrogen) atoms. The van der Waals surface area contributed by atoms with Crippen LogP contribution in [0.5, 0.6) is 0 Å². The summed E-state index contributed by atoms with van der Waals surface area (Å²) in [5, 5.41) is 0. The highest BCUT2D eigenvalue weighted by molar-refractivity contribution is 6.74. The fourth-order valence-electron chi connectivity index (χ4n) is 0.902. The van der Waals surface area contributed by atoms with Crippen LogP contribution in [0.25, 0.3) is 0 Å². The van der Waals surface area contributed by atoms with Gasteiger partial charge in [-0.1, -0.05) is 6.58 Å². The summed E-state index contributed by atoms with van der Waals surface area (Å²) < 4.78 is 10.9. The molecule has 3 nitrogen and oxygen atoms in total. The van der Waals surface area contributed by atoms with E-state index in [1.54, 1.807) is 6.92 Å². The molecule has 0 aliphatic rings. The molecule has 76 valence electrons. The average molecular weight is 218 g/mol. The third-order valence-corrected chi connectivity index (χ3v) is 6.04. The van der Waals surface area contributed by atoms with Gasteiger partial charge in [-0.25, -0.2) is 4.79 Å². The van der Waals surface area contributed by atoms with Gasteiger partial charge in [0.1, 0.15) is 0 Å². The van der Waals surface area contributed by atoms with Gasteiger partial charge in [0, 0.05) is 5.57 Å². The molecule has 0 atom stereocenters. The molecule has 0 rings (SSSR count). The maximum Gasteiger partial charge on any atom is 0.385 e. The van der Waals surface area contributed by atoms with Gasteiger partial charge in [-0.2, -0.15) is 0 Å². The van der Waals surface area contributed by atoms with E-state index in [1.807, 2.05) is 13.1 Å². The molecule has 0 unspecified atom stereocenters. The highest BCUT2D eigenvalue weighted by Gasteiger charge is 2.30. The normalized spacial score (nSPS) is 11.5. The minimum absolute atomic E-state index is 0.341. The van der Waals surface area contributed by atoms with Crippen molar-refractivity contribution in [2.24, 2.45) is 0 Å². The van der Waals surface area contributed by atoms with Gasteiger partial charge in [0.25, 0.3) is 0 Å². The Bertz CT molecular complexity index is 211. The lowest BCUT2D eigenvalue weighted by Gasteiger charge is -2.24. The van der Waals surface area contributed by atoms with Crippen LogP contribution in [0.4, 0.5) is 0 Å². The van der Waals surface area contributed by atoms with Crippen LogP contribution >= 0.6 is 0 Å². The van der Waals surface area contributed by atoms with E-state index in [4.69, 9.17) is 8.54 Å². The first-order valence-corrected chi connectivity index (χ1v) is 9.91. The zero-order valence-electron chi connectivity index (χ0n) is 9.01. The first-order chi connectivity index (χ1) is 5.74. The van der Waals surface area contributed by atoms with Crippen LogP contribution in [0.1, 0.15) is 6.92 Å². The van der Waals surface area contributed by atoms with Gasteiger partial charge in [-0.05, 0) is 33.1 Å². The summed E-state index contributed by atoms with van der Waals surface area (Å²) >= 11 is 0. The highest BCUT2D eigenvalue weighted by Crippen LogP contribution is 2.10. The van der Waals surface area contributed by atoms with Crippen molar-refractivity contribution in [2.45, 2.75) is 33.1 Å². The second-order valence-electron chi connectivity index (χ2n) is 3.74. The van der Waals surface area contributed by atoms with E-state index in [0.717, 1.165) is 0 Å². The molecule has 0 bridgehead atoms. The third kappa shape index (κ3) is 5.78. The maximum atomic E-state index is 11.2. The van der Waals surface area contributed by atoms with Gasteiger partial charge in [0.2, 0.25) is 0 Å². The van der Waals surface area contributed by atoms with E-state index in [-0.39, 0.29) is 5.97 Å². The fourth-order valence-corrected chi connectivity index (χ4v) is 6.26. The third-order valence-electron chi connectivity index (χ3n) is 1.21. The van der Waals surface area contributed by atoms with Crippen LogP contribution in [0.2, 0.25) is 26.2 Å². The predicted octanol–water partition coefficient (Wildman–Crippen LogP) is 1.81. The van der Waals surface area contributed by atoms with Crippen LogP contribution in [-0.4, -0.2) is 23.6 Å². The van der Waals surface area contributed by atoms with Crippen molar-refractivity contribution in [3.05, 3.63) is 12.2 Å². The molecule has 0 aromatic rings. The number of rotatable bonds is 4. The van der Waals surface area contributed by atoms with Crippen LogP contribution in [-0.2, 0) is 13.3 Å². The minimum atomic E-state index is -2.24. The molecule has 0 aromatic heterocycles. The number of carbonyl (C=O) groups is 1. The summed E-state index contributed by atoms with van der Waals surface area (Å²) in [6.07, 6.45) is 0. The Kier molecular flexibility index (Phi) is 4.59. The van der Waals surface area contributed by atoms with Gasteiger partial charge >= 0.3 is 14.5 Å². The van der Waals surface area contributed by atoms with E-state index < -0.39 is 17.6 Å². The van der Waals surface area contributed by atoms with Crippen LogP contribution in [0, 0.1) is 0 Å². The molecule has 0 fully saturated rings. The largest absolute Gasteiger partial charge is 0.492 e. The molecule has 0 aromatic carbocycles. The van der Waals surface area contributed by atoms with Gasteiger partial charge in [0.05, 0.1) is 0 Å². The molecule has 0 N–H and O–H groups in total. The van der Waals surface area contributed by atoms with Crippen LogP contribution in [0.3, 0.4) is 0 Å². The van der Waals surface area contributed by atoms with Crippen molar-refractivity contribution in [1.29, 1.82) is 0 Å². The minimum Gasteiger partial charge on any atom is -0.492 e. The van der Waals surface area contributed by atoms with Gasteiger partial charge < -0.3 is 8.54 Å². The summed E-state index contributed by atoms with van der Waals surface area (Å²) in [5.41, 5.74) is 0.426. The Labute approximate surface area is 82.7 Å².